The van der Waals surface area contributed by atoms with Crippen molar-refractivity contribution in [2.45, 2.75) is 0 Å². The molecule has 26 heteroatoms. The van der Waals surface area contributed by atoms with Crippen LogP contribution in [-0.2, 0) is 0 Å². The molecule has 0 bridgehead atoms. The van der Waals surface area contributed by atoms with Crippen LogP contribution in [0.3, 0.4) is 0 Å². The average molecular weight is 328 g/mol. The summed E-state index contributed by atoms with van der Waals surface area (Å²) in [5.41, 5.74) is 0. The van der Waals surface area contributed by atoms with E-state index in [2.05, 4.69) is 98.9 Å². The molecule has 0 aromatic rings. The summed E-state index contributed by atoms with van der Waals surface area (Å²) in [4.78, 5) is 0. The van der Waals surface area contributed by atoms with Crippen LogP contribution in [0.4, 0.5) is 0 Å². The molecule has 0 nitrogen and oxygen atoms in total. The van der Waals surface area contributed by atoms with E-state index >= 15 is 0 Å². The van der Waals surface area contributed by atoms with Crippen molar-refractivity contribution in [1.82, 2.24) is 0 Å². The van der Waals surface area contributed by atoms with E-state index in [0.717, 1.165) is 19.2 Å². The summed E-state index contributed by atoms with van der Waals surface area (Å²) in [5.74, 6) is 0. The van der Waals surface area contributed by atoms with Crippen LogP contribution in [0.5, 0.6) is 0 Å². The number of rotatable bonds is 12. The molecule has 0 radical (unpaired) electrons. The zero-order valence-electron chi connectivity index (χ0n) is 20.0. The van der Waals surface area contributed by atoms with Crippen LogP contribution in [0.1, 0.15) is 0 Å². The Morgan fingerprint density at radius 3 is 1.04 bits per heavy atom. The molecule has 0 rings (SSSR count). The molecule has 0 aromatic carbocycles. The van der Waals surface area contributed by atoms with Crippen molar-refractivity contribution >= 4 is 188 Å². The molecular weight excluding hydrogens is 302 g/mol. The molecule has 0 spiro atoms. The molecule has 106 valence electrons. The van der Waals surface area contributed by atoms with Crippen LogP contribution < -0.4 is 0 Å². The Morgan fingerprint density at radius 1 is 0.538 bits per heavy atom. The fourth-order valence-electron chi connectivity index (χ4n) is 6.28. The van der Waals surface area contributed by atoms with Gasteiger partial charge in [0.05, 0.1) is 0 Å². The summed E-state index contributed by atoms with van der Waals surface area (Å²) >= 11 is 5.77. The van der Waals surface area contributed by atoms with E-state index in [9.17, 15) is 0 Å². The van der Waals surface area contributed by atoms with E-state index in [-0.39, 0.29) is 0 Å². The van der Waals surface area contributed by atoms with E-state index in [0.29, 0.717) is 51.1 Å². The van der Waals surface area contributed by atoms with Gasteiger partial charge in [-0.25, -0.2) is 0 Å². The van der Waals surface area contributed by atoms with Crippen molar-refractivity contribution < 1.29 is 0 Å². The fourth-order valence-corrected chi connectivity index (χ4v) is 6.64. The second-order valence-electron chi connectivity index (χ2n) is 10.6. The van der Waals surface area contributed by atoms with E-state index in [4.69, 9.17) is 12.1 Å². The van der Waals surface area contributed by atoms with Gasteiger partial charge in [-0.15, -0.1) is 0 Å². The van der Waals surface area contributed by atoms with Gasteiger partial charge >= 0.3 is 188 Å². The standard InChI is InChI=1S/B25H25S/c1-13-20(12)24(19(10)11)21(14-26)25(22(15(2)3)16(4)5)23(17(6)7)18(8)9/h13H,1-12H2. The second-order valence-corrected chi connectivity index (χ2v) is 10.9. The van der Waals surface area contributed by atoms with Crippen LogP contribution in [-0.4, -0.2) is 176 Å². The predicted octanol–water partition coefficient (Wildman–Crippen LogP) is -15.6. The summed E-state index contributed by atoms with van der Waals surface area (Å²) in [6.45, 7) is 0. The fraction of sp³-hybridized carbons (Fsp3) is 0. The van der Waals surface area contributed by atoms with Gasteiger partial charge in [-0.1, -0.05) is 0 Å². The third-order valence-electron chi connectivity index (χ3n) is 7.08. The zero-order chi connectivity index (χ0) is 20.8. The van der Waals surface area contributed by atoms with Crippen molar-refractivity contribution in [1.29, 1.82) is 0 Å². The van der Waals surface area contributed by atoms with Crippen molar-refractivity contribution in [2.24, 2.45) is 0 Å². The Morgan fingerprint density at radius 2 is 0.846 bits per heavy atom. The van der Waals surface area contributed by atoms with Gasteiger partial charge in [-0.3, -0.25) is 0 Å². The summed E-state index contributed by atoms with van der Waals surface area (Å²) in [7, 11) is 30.3. The SMILES string of the molecule is BBB(B)B(B(B)B)B(B=S)B(B(B(B)B)B(B)B)B(B(B)B)B(B)B. The summed E-state index contributed by atoms with van der Waals surface area (Å²) in [6.07, 6.45) is 7.52. The molecule has 0 aromatic heterocycles. The Hall–Kier alpha value is 1.84. The van der Waals surface area contributed by atoms with Crippen molar-refractivity contribution in [3.05, 3.63) is 0 Å². The van der Waals surface area contributed by atoms with Gasteiger partial charge in [0.2, 0.25) is 0 Å². The normalized spacial score (nSPS) is 9.08. The molecule has 0 fully saturated rings. The Balaban J connectivity index is 6.42. The van der Waals surface area contributed by atoms with Crippen LogP contribution >= 0.6 is 12.1 Å². The van der Waals surface area contributed by atoms with Gasteiger partial charge in [-0.05, 0) is 0 Å². The first-order valence-corrected chi connectivity index (χ1v) is 11.8. The monoisotopic (exact) mass is 332 g/mol. The minimum absolute atomic E-state index is 0.532. The molecule has 0 saturated carbocycles. The molecular formula is H25B25S. The number of hydrogen-bond acceptors (Lipinski definition) is 1. The molecule has 0 aliphatic heterocycles. The van der Waals surface area contributed by atoms with Gasteiger partial charge in [0.25, 0.3) is 0 Å². The molecule has 0 unspecified atom stereocenters. The third-order valence-corrected chi connectivity index (χ3v) is 7.40. The van der Waals surface area contributed by atoms with Gasteiger partial charge in [0.15, 0.2) is 0 Å². The minimum atomic E-state index is 0.532. The maximum atomic E-state index is 5.77. The first-order valence-electron chi connectivity index (χ1n) is 11.4. The average Bonchev–Trinajstić information content (AvgIpc) is 2.49. The first kappa shape index (κ1) is 27.8. The predicted molar refractivity (Wildman–Crippen MR) is 186 cm³/mol. The van der Waals surface area contributed by atoms with Gasteiger partial charge in [0.1, 0.15) is 0 Å². The van der Waals surface area contributed by atoms with Crippen LogP contribution in [0.15, 0.2) is 0 Å². The van der Waals surface area contributed by atoms with Crippen molar-refractivity contribution in [3.63, 3.8) is 0 Å². The maximum absolute atomic E-state index is 5.77. The van der Waals surface area contributed by atoms with Gasteiger partial charge in [-0.2, -0.15) is 0 Å². The Bertz CT molecular complexity index is 344. The van der Waals surface area contributed by atoms with Gasteiger partial charge in [0, 0.05) is 0 Å². The quantitative estimate of drug-likeness (QED) is 0.321. The Kier molecular flexibility index (Phi) is 14.1. The first-order chi connectivity index (χ1) is 11.9. The van der Waals surface area contributed by atoms with E-state index in [1.165, 1.54) is 7.06 Å². The molecule has 0 atom stereocenters. The zero-order valence-corrected chi connectivity index (χ0v) is 20.9. The summed E-state index contributed by atoms with van der Waals surface area (Å²) < 4.78 is 0. The molecule has 0 aliphatic carbocycles. The summed E-state index contributed by atoms with van der Waals surface area (Å²) in [5, 5.41) is 0. The molecule has 26 heavy (non-hydrogen) atoms. The van der Waals surface area contributed by atoms with Crippen LogP contribution in [0.2, 0.25) is 0 Å². The molecule has 0 N–H and O–H groups in total. The molecule has 0 saturated heterocycles. The van der Waals surface area contributed by atoms with Crippen LogP contribution in [0, 0.1) is 0 Å². The molecule has 0 aliphatic rings. The second kappa shape index (κ2) is 13.2. The van der Waals surface area contributed by atoms with Crippen molar-refractivity contribution in [2.75, 3.05) is 0 Å². The molecule has 0 heterocycles. The topological polar surface area (TPSA) is 0 Å². The third kappa shape index (κ3) is 7.59. The van der Waals surface area contributed by atoms with Gasteiger partial charge < -0.3 is 0 Å². The number of hydrogen-bond donors (Lipinski definition) is 0. The van der Waals surface area contributed by atoms with E-state index in [1.54, 1.807) is 0 Å². The van der Waals surface area contributed by atoms with Crippen molar-refractivity contribution in [3.8, 4) is 0 Å². The van der Waals surface area contributed by atoms with E-state index in [1.807, 2.05) is 0 Å². The van der Waals surface area contributed by atoms with Crippen LogP contribution in [0.25, 0.3) is 0 Å². The Labute approximate surface area is 187 Å². The molecule has 0 amide bonds. The van der Waals surface area contributed by atoms with E-state index < -0.39 is 0 Å². The summed E-state index contributed by atoms with van der Waals surface area (Å²) in [6, 6.07) is 2.19.